The first kappa shape index (κ1) is 8.95. The Hall–Kier alpha value is -1.63. The van der Waals surface area contributed by atoms with Gasteiger partial charge in [0.1, 0.15) is 0 Å². The van der Waals surface area contributed by atoms with E-state index in [2.05, 4.69) is 20.6 Å². The molecule has 0 spiro atoms. The third-order valence-corrected chi connectivity index (χ3v) is 2.35. The first-order valence-corrected chi connectivity index (χ1v) is 4.82. The van der Waals surface area contributed by atoms with Crippen molar-refractivity contribution >= 4 is 16.5 Å². The van der Waals surface area contributed by atoms with Gasteiger partial charge in [-0.25, -0.2) is 5.10 Å². The normalized spacial score (nSPS) is 10.4. The Balaban J connectivity index is 1.98. The fraction of sp³-hybridized carbons (Fsp3) is 0.286. The average Bonchev–Trinajstić information content (AvgIpc) is 2.72. The van der Waals surface area contributed by atoms with E-state index in [4.69, 9.17) is 0 Å². The maximum absolute atomic E-state index is 10.7. The second-order valence-corrected chi connectivity index (χ2v) is 3.76. The molecule has 0 saturated carbocycles. The molecule has 0 aliphatic rings. The van der Waals surface area contributed by atoms with Crippen LogP contribution in [0, 0.1) is 0 Å². The first-order chi connectivity index (χ1) is 6.74. The molecule has 2 aromatic heterocycles. The fourth-order valence-corrected chi connectivity index (χ4v) is 1.55. The van der Waals surface area contributed by atoms with Crippen LogP contribution >= 0.6 is 11.3 Å². The topological polar surface area (TPSA) is 75.6 Å². The molecule has 0 amide bonds. The van der Waals surface area contributed by atoms with E-state index in [1.54, 1.807) is 10.9 Å². The maximum Gasteiger partial charge on any atom is 0.324 e. The second kappa shape index (κ2) is 3.62. The van der Waals surface area contributed by atoms with E-state index in [0.717, 1.165) is 16.9 Å². The molecule has 74 valence electrons. The van der Waals surface area contributed by atoms with Crippen molar-refractivity contribution in [1.82, 2.24) is 20.0 Å². The summed E-state index contributed by atoms with van der Waals surface area (Å²) in [6.07, 6.45) is 3.67. The molecule has 2 N–H and O–H groups in total. The molecule has 2 rings (SSSR count). The number of aromatic nitrogens is 4. The maximum atomic E-state index is 10.7. The number of hydrogen-bond donors (Lipinski definition) is 2. The molecule has 0 bridgehead atoms. The van der Waals surface area contributed by atoms with Crippen LogP contribution in [0.1, 0.15) is 5.56 Å². The Kier molecular flexibility index (Phi) is 2.32. The van der Waals surface area contributed by atoms with Crippen molar-refractivity contribution in [3.8, 4) is 0 Å². The van der Waals surface area contributed by atoms with E-state index in [0.29, 0.717) is 11.7 Å². The monoisotopic (exact) mass is 211 g/mol. The summed E-state index contributed by atoms with van der Waals surface area (Å²) in [6, 6.07) is 0. The van der Waals surface area contributed by atoms with Gasteiger partial charge in [-0.05, 0) is 11.3 Å². The molecule has 6 nitrogen and oxygen atoms in total. The van der Waals surface area contributed by atoms with Crippen LogP contribution in [0.4, 0.5) is 5.13 Å². The largest absolute Gasteiger partial charge is 0.356 e. The summed E-state index contributed by atoms with van der Waals surface area (Å²) < 4.78 is 1.73. The molecule has 0 unspecified atom stereocenters. The summed E-state index contributed by atoms with van der Waals surface area (Å²) in [4.78, 5) is 10.6. The zero-order valence-electron chi connectivity index (χ0n) is 7.52. The van der Waals surface area contributed by atoms with E-state index in [-0.39, 0.29) is 4.87 Å². The molecule has 2 aromatic rings. The van der Waals surface area contributed by atoms with Crippen LogP contribution in [-0.2, 0) is 13.6 Å². The molecule has 0 fully saturated rings. The van der Waals surface area contributed by atoms with Crippen molar-refractivity contribution in [2.24, 2.45) is 7.05 Å². The predicted molar refractivity (Wildman–Crippen MR) is 53.3 cm³/mol. The third kappa shape index (κ3) is 1.99. The smallest absolute Gasteiger partial charge is 0.324 e. The van der Waals surface area contributed by atoms with Crippen molar-refractivity contribution in [2.75, 3.05) is 5.32 Å². The van der Waals surface area contributed by atoms with Crippen LogP contribution in [0.2, 0.25) is 0 Å². The van der Waals surface area contributed by atoms with Gasteiger partial charge < -0.3 is 5.32 Å². The van der Waals surface area contributed by atoms with Crippen molar-refractivity contribution in [3.63, 3.8) is 0 Å². The SMILES string of the molecule is Cn1cc(CNc2n[nH]c(=O)s2)cn1. The number of aryl methyl sites for hydroxylation is 1. The standard InChI is InChI=1S/C7H9N5OS/c1-12-4-5(3-9-12)2-8-6-10-11-7(13)14-6/h3-4H,2H2,1H3,(H,8,10)(H,11,13). The Bertz CT molecular complexity index is 470. The molecule has 0 radical (unpaired) electrons. The Morgan fingerprint density at radius 1 is 1.71 bits per heavy atom. The van der Waals surface area contributed by atoms with Crippen LogP contribution in [0.3, 0.4) is 0 Å². The van der Waals surface area contributed by atoms with Crippen LogP contribution < -0.4 is 10.2 Å². The quantitative estimate of drug-likeness (QED) is 0.759. The van der Waals surface area contributed by atoms with Gasteiger partial charge in [-0.1, -0.05) is 0 Å². The highest BCUT2D eigenvalue weighted by atomic mass is 32.1. The molecule has 2 heterocycles. The van der Waals surface area contributed by atoms with Gasteiger partial charge in [0.05, 0.1) is 6.20 Å². The minimum Gasteiger partial charge on any atom is -0.356 e. The van der Waals surface area contributed by atoms with Gasteiger partial charge in [0.25, 0.3) is 0 Å². The van der Waals surface area contributed by atoms with Crippen molar-refractivity contribution < 1.29 is 0 Å². The van der Waals surface area contributed by atoms with E-state index in [1.165, 1.54) is 0 Å². The highest BCUT2D eigenvalue weighted by Gasteiger charge is 1.99. The molecule has 0 atom stereocenters. The lowest BCUT2D eigenvalue weighted by Crippen LogP contribution is -1.97. The lowest BCUT2D eigenvalue weighted by atomic mass is 10.4. The lowest BCUT2D eigenvalue weighted by molar-refractivity contribution is 0.767. The summed E-state index contributed by atoms with van der Waals surface area (Å²) in [5.74, 6) is 0. The van der Waals surface area contributed by atoms with Crippen LogP contribution in [0.15, 0.2) is 17.2 Å². The summed E-state index contributed by atoms with van der Waals surface area (Å²) in [5.41, 5.74) is 1.05. The highest BCUT2D eigenvalue weighted by molar-refractivity contribution is 7.12. The molecular weight excluding hydrogens is 202 g/mol. The first-order valence-electron chi connectivity index (χ1n) is 4.01. The molecule has 0 aliphatic heterocycles. The molecule has 0 aliphatic carbocycles. The lowest BCUT2D eigenvalue weighted by Gasteiger charge is -1.96. The Labute approximate surface area is 83.6 Å². The van der Waals surface area contributed by atoms with Crippen LogP contribution in [0.5, 0.6) is 0 Å². The van der Waals surface area contributed by atoms with E-state index < -0.39 is 0 Å². The van der Waals surface area contributed by atoms with E-state index in [1.807, 2.05) is 13.2 Å². The van der Waals surface area contributed by atoms with Gasteiger partial charge in [-0.3, -0.25) is 9.48 Å². The number of anilines is 1. The third-order valence-electron chi connectivity index (χ3n) is 1.64. The van der Waals surface area contributed by atoms with Gasteiger partial charge in [-0.15, -0.1) is 5.10 Å². The number of nitrogens with zero attached hydrogens (tertiary/aromatic N) is 3. The zero-order valence-corrected chi connectivity index (χ0v) is 8.34. The van der Waals surface area contributed by atoms with Crippen LogP contribution in [-0.4, -0.2) is 20.0 Å². The van der Waals surface area contributed by atoms with Gasteiger partial charge >= 0.3 is 4.87 Å². The minimum absolute atomic E-state index is 0.154. The molecule has 0 aromatic carbocycles. The predicted octanol–water partition coefficient (Wildman–Crippen LogP) is 0.177. The van der Waals surface area contributed by atoms with E-state index >= 15 is 0 Å². The van der Waals surface area contributed by atoms with Gasteiger partial charge in [-0.2, -0.15) is 5.10 Å². The molecular formula is C7H9N5OS. The van der Waals surface area contributed by atoms with Crippen molar-refractivity contribution in [3.05, 3.63) is 27.6 Å². The van der Waals surface area contributed by atoms with Crippen molar-refractivity contribution in [1.29, 1.82) is 0 Å². The molecule has 0 saturated heterocycles. The Morgan fingerprint density at radius 3 is 3.14 bits per heavy atom. The summed E-state index contributed by atoms with van der Waals surface area (Å²) in [6.45, 7) is 0.620. The molecule has 14 heavy (non-hydrogen) atoms. The number of H-pyrrole nitrogens is 1. The van der Waals surface area contributed by atoms with Gasteiger partial charge in [0.2, 0.25) is 5.13 Å². The number of aromatic amines is 1. The zero-order chi connectivity index (χ0) is 9.97. The van der Waals surface area contributed by atoms with Crippen molar-refractivity contribution in [2.45, 2.75) is 6.54 Å². The van der Waals surface area contributed by atoms with Gasteiger partial charge in [0, 0.05) is 25.4 Å². The van der Waals surface area contributed by atoms with Crippen LogP contribution in [0.25, 0.3) is 0 Å². The summed E-state index contributed by atoms with van der Waals surface area (Å²) >= 11 is 1.05. The minimum atomic E-state index is -0.154. The summed E-state index contributed by atoms with van der Waals surface area (Å²) in [5, 5.41) is 13.8. The Morgan fingerprint density at radius 2 is 2.57 bits per heavy atom. The highest BCUT2D eigenvalue weighted by Crippen LogP contribution is 2.06. The number of rotatable bonds is 3. The van der Waals surface area contributed by atoms with Gasteiger partial charge in [0.15, 0.2) is 0 Å². The average molecular weight is 211 g/mol. The number of hydrogen-bond acceptors (Lipinski definition) is 5. The summed E-state index contributed by atoms with van der Waals surface area (Å²) in [7, 11) is 1.86. The molecule has 7 heteroatoms. The fourth-order valence-electron chi connectivity index (χ4n) is 1.05. The second-order valence-electron chi connectivity index (χ2n) is 2.79. The number of nitrogens with one attached hydrogen (secondary N) is 2. The van der Waals surface area contributed by atoms with E-state index in [9.17, 15) is 4.79 Å².